The third-order valence-electron chi connectivity index (χ3n) is 4.44. The molecule has 0 aromatic carbocycles. The highest BCUT2D eigenvalue weighted by Gasteiger charge is 2.33. The van der Waals surface area contributed by atoms with E-state index in [4.69, 9.17) is 0 Å². The summed E-state index contributed by atoms with van der Waals surface area (Å²) < 4.78 is 4.30. The van der Waals surface area contributed by atoms with Gasteiger partial charge in [0.2, 0.25) is 0 Å². The summed E-state index contributed by atoms with van der Waals surface area (Å²) in [6, 6.07) is 5.33. The number of nitrogens with zero attached hydrogens (tertiary/aromatic N) is 5. The summed E-state index contributed by atoms with van der Waals surface area (Å²) in [7, 11) is 0. The van der Waals surface area contributed by atoms with Crippen LogP contribution in [0.4, 0.5) is 0 Å². The van der Waals surface area contributed by atoms with Gasteiger partial charge >= 0.3 is 0 Å². The van der Waals surface area contributed by atoms with Gasteiger partial charge in [0, 0.05) is 30.5 Å². The van der Waals surface area contributed by atoms with Crippen LogP contribution in [0, 0.1) is 27.7 Å². The van der Waals surface area contributed by atoms with Crippen molar-refractivity contribution in [2.24, 2.45) is 0 Å². The van der Waals surface area contributed by atoms with Crippen LogP contribution in [0.5, 0.6) is 0 Å². The first kappa shape index (κ1) is 14.3. The van der Waals surface area contributed by atoms with Crippen LogP contribution in [-0.2, 0) is 6.54 Å². The Balaban J connectivity index is 1.58. The molecule has 0 aliphatic carbocycles. The quantitative estimate of drug-likeness (QED) is 0.866. The van der Waals surface area contributed by atoms with Crippen molar-refractivity contribution in [1.82, 2.24) is 24.5 Å². The van der Waals surface area contributed by atoms with Crippen molar-refractivity contribution in [2.75, 3.05) is 13.1 Å². The number of aryl methyl sites for hydroxylation is 4. The van der Waals surface area contributed by atoms with E-state index in [0.717, 1.165) is 31.0 Å². The predicted molar refractivity (Wildman–Crippen MR) is 83.5 cm³/mol. The maximum absolute atomic E-state index is 4.60. The Morgan fingerprint density at radius 3 is 2.19 bits per heavy atom. The molecule has 0 unspecified atom stereocenters. The Hall–Kier alpha value is -1.62. The van der Waals surface area contributed by atoms with Gasteiger partial charge in [-0.2, -0.15) is 10.2 Å². The van der Waals surface area contributed by atoms with Crippen molar-refractivity contribution >= 4 is 0 Å². The van der Waals surface area contributed by atoms with Crippen molar-refractivity contribution in [3.63, 3.8) is 0 Å². The third-order valence-corrected chi connectivity index (χ3v) is 4.44. The molecular formula is C16H25N5. The molecule has 0 radical (unpaired) electrons. The van der Waals surface area contributed by atoms with Crippen molar-refractivity contribution in [3.05, 3.63) is 34.9 Å². The lowest BCUT2D eigenvalue weighted by Crippen LogP contribution is -2.53. The Kier molecular flexibility index (Phi) is 3.61. The second-order valence-electron chi connectivity index (χ2n) is 6.44. The summed E-state index contributed by atoms with van der Waals surface area (Å²) in [6.07, 6.45) is 0. The predicted octanol–water partition coefficient (Wildman–Crippen LogP) is 2.26. The van der Waals surface area contributed by atoms with E-state index in [1.165, 1.54) is 11.4 Å². The van der Waals surface area contributed by atoms with Gasteiger partial charge in [-0.3, -0.25) is 14.3 Å². The normalized spacial score (nSPS) is 18.0. The summed E-state index contributed by atoms with van der Waals surface area (Å²) in [4.78, 5) is 2.51. The molecule has 1 fully saturated rings. The Morgan fingerprint density at radius 2 is 1.67 bits per heavy atom. The molecule has 1 aliphatic heterocycles. The fraction of sp³-hybridized carbons (Fsp3) is 0.625. The minimum absolute atomic E-state index is 0.510. The van der Waals surface area contributed by atoms with Crippen molar-refractivity contribution < 1.29 is 0 Å². The summed E-state index contributed by atoms with van der Waals surface area (Å²) in [5, 5.41) is 9.16. The van der Waals surface area contributed by atoms with Crippen LogP contribution in [0.3, 0.4) is 0 Å². The average Bonchev–Trinajstić information content (AvgIpc) is 2.80. The molecule has 21 heavy (non-hydrogen) atoms. The van der Waals surface area contributed by atoms with Gasteiger partial charge in [0.1, 0.15) is 0 Å². The second kappa shape index (κ2) is 5.30. The third kappa shape index (κ3) is 2.75. The highest BCUT2D eigenvalue weighted by Crippen LogP contribution is 2.25. The zero-order chi connectivity index (χ0) is 15.1. The van der Waals surface area contributed by atoms with Crippen LogP contribution in [0.15, 0.2) is 12.1 Å². The summed E-state index contributed by atoms with van der Waals surface area (Å²) in [6.45, 7) is 13.8. The molecule has 0 saturated carbocycles. The molecule has 3 rings (SSSR count). The smallest absolute Gasteiger partial charge is 0.0776 e. The van der Waals surface area contributed by atoms with Gasteiger partial charge in [0.05, 0.1) is 24.0 Å². The topological polar surface area (TPSA) is 38.9 Å². The molecule has 5 heteroatoms. The highest BCUT2D eigenvalue weighted by atomic mass is 15.4. The van der Waals surface area contributed by atoms with E-state index in [1.54, 1.807) is 0 Å². The van der Waals surface area contributed by atoms with Crippen molar-refractivity contribution in [3.8, 4) is 0 Å². The lowest BCUT2D eigenvalue weighted by atomic mass is 10.1. The molecule has 0 spiro atoms. The Morgan fingerprint density at radius 1 is 1.05 bits per heavy atom. The molecule has 3 heterocycles. The van der Waals surface area contributed by atoms with Crippen molar-refractivity contribution in [1.29, 1.82) is 0 Å². The zero-order valence-corrected chi connectivity index (χ0v) is 13.7. The van der Waals surface area contributed by atoms with Crippen LogP contribution < -0.4 is 0 Å². The van der Waals surface area contributed by atoms with Crippen molar-refractivity contribution in [2.45, 2.75) is 53.2 Å². The van der Waals surface area contributed by atoms with Crippen LogP contribution >= 0.6 is 0 Å². The minimum atomic E-state index is 0.510. The number of hydrogen-bond acceptors (Lipinski definition) is 3. The molecule has 2 aromatic heterocycles. The van der Waals surface area contributed by atoms with Gasteiger partial charge in [-0.25, -0.2) is 0 Å². The fourth-order valence-electron chi connectivity index (χ4n) is 3.24. The van der Waals surface area contributed by atoms with Crippen LogP contribution in [-0.4, -0.2) is 43.6 Å². The minimum Gasteiger partial charge on any atom is -0.294 e. The average molecular weight is 287 g/mol. The molecule has 1 saturated heterocycles. The van der Waals surface area contributed by atoms with Gasteiger partial charge in [0.15, 0.2) is 0 Å². The Bertz CT molecular complexity index is 633. The number of likely N-dealkylation sites (tertiary alicyclic amines) is 1. The summed E-state index contributed by atoms with van der Waals surface area (Å²) in [5.74, 6) is 0. The molecule has 0 amide bonds. The molecule has 2 aromatic rings. The molecule has 0 bridgehead atoms. The first-order chi connectivity index (χ1) is 9.94. The number of hydrogen-bond donors (Lipinski definition) is 0. The molecule has 5 nitrogen and oxygen atoms in total. The van der Waals surface area contributed by atoms with Crippen LogP contribution in [0.1, 0.15) is 35.7 Å². The lowest BCUT2D eigenvalue weighted by molar-refractivity contribution is 0.0498. The van der Waals surface area contributed by atoms with E-state index in [1.807, 2.05) is 0 Å². The maximum atomic E-state index is 4.60. The first-order valence-corrected chi connectivity index (χ1v) is 7.72. The van der Waals surface area contributed by atoms with Gasteiger partial charge in [0.25, 0.3) is 0 Å². The lowest BCUT2D eigenvalue weighted by Gasteiger charge is -2.43. The molecule has 1 aliphatic rings. The van der Waals surface area contributed by atoms with E-state index >= 15 is 0 Å². The highest BCUT2D eigenvalue weighted by molar-refractivity contribution is 5.10. The first-order valence-electron chi connectivity index (χ1n) is 7.72. The van der Waals surface area contributed by atoms with E-state index in [2.05, 4.69) is 71.2 Å². The molecular weight excluding hydrogens is 262 g/mol. The van der Waals surface area contributed by atoms with E-state index in [-0.39, 0.29) is 0 Å². The Labute approximate surface area is 126 Å². The summed E-state index contributed by atoms with van der Waals surface area (Å²) >= 11 is 0. The van der Waals surface area contributed by atoms with Crippen LogP contribution in [0.2, 0.25) is 0 Å². The molecule has 1 atom stereocenters. The largest absolute Gasteiger partial charge is 0.294 e. The molecule has 0 N–H and O–H groups in total. The number of rotatable bonds is 4. The fourth-order valence-corrected chi connectivity index (χ4v) is 3.24. The van der Waals surface area contributed by atoms with E-state index < -0.39 is 0 Å². The SMILES string of the molecule is Cc1cc(C)n(C[C@H](C)N2CC(n3nc(C)cc3C)C2)n1. The monoisotopic (exact) mass is 287 g/mol. The van der Waals surface area contributed by atoms with Gasteiger partial charge in [-0.15, -0.1) is 0 Å². The summed E-state index contributed by atoms with van der Waals surface area (Å²) in [5.41, 5.74) is 4.73. The standard InChI is InChI=1S/C16H25N5/c1-11-6-13(3)20(17-11)8-15(5)19-9-16(10-19)21-14(4)7-12(2)18-21/h6-7,15-16H,8-10H2,1-5H3/t15-/m0/s1. The number of aromatic nitrogens is 4. The van der Waals surface area contributed by atoms with E-state index in [0.29, 0.717) is 12.1 Å². The van der Waals surface area contributed by atoms with E-state index in [9.17, 15) is 0 Å². The van der Waals surface area contributed by atoms with Gasteiger partial charge < -0.3 is 0 Å². The second-order valence-corrected chi connectivity index (χ2v) is 6.44. The van der Waals surface area contributed by atoms with Crippen LogP contribution in [0.25, 0.3) is 0 Å². The maximum Gasteiger partial charge on any atom is 0.0776 e. The van der Waals surface area contributed by atoms with Gasteiger partial charge in [-0.05, 0) is 46.8 Å². The van der Waals surface area contributed by atoms with Gasteiger partial charge in [-0.1, -0.05) is 0 Å². The zero-order valence-electron chi connectivity index (χ0n) is 13.7. The molecule has 114 valence electrons.